The minimum atomic E-state index is -0.442. The maximum absolute atomic E-state index is 10.3. The molecule has 0 fully saturated rings. The Morgan fingerprint density at radius 2 is 2.21 bits per heavy atom. The highest BCUT2D eigenvalue weighted by Gasteiger charge is 2.21. The van der Waals surface area contributed by atoms with Gasteiger partial charge in [-0.1, -0.05) is 50.6 Å². The maximum atomic E-state index is 10.3. The third-order valence-corrected chi connectivity index (χ3v) is 3.38. The highest BCUT2D eigenvalue weighted by molar-refractivity contribution is 6.31. The lowest BCUT2D eigenvalue weighted by atomic mass is 9.87. The second kappa shape index (κ2) is 10.8. The molecule has 0 aliphatic rings. The summed E-state index contributed by atoms with van der Waals surface area (Å²) in [5.74, 6) is 0.169. The topological polar surface area (TPSA) is 49.3 Å². The van der Waals surface area contributed by atoms with Crippen molar-refractivity contribution in [3.05, 3.63) is 35.9 Å². The van der Waals surface area contributed by atoms with Crippen molar-refractivity contribution in [2.75, 3.05) is 6.54 Å². The average molecular weight is 286 g/mol. The fourth-order valence-electron chi connectivity index (χ4n) is 1.90. The molecule has 0 saturated heterocycles. The van der Waals surface area contributed by atoms with Crippen LogP contribution in [0.4, 0.5) is 0 Å². The van der Waals surface area contributed by atoms with E-state index in [1.165, 1.54) is 0 Å². The van der Waals surface area contributed by atoms with Crippen LogP contribution in [-0.4, -0.2) is 24.2 Å². The van der Waals surface area contributed by atoms with Crippen LogP contribution >= 0.6 is 11.6 Å². The van der Waals surface area contributed by atoms with E-state index in [4.69, 9.17) is 11.6 Å². The largest absolute Gasteiger partial charge is 0.392 e. The summed E-state index contributed by atoms with van der Waals surface area (Å²) in [5.41, 5.74) is 0. The molecule has 0 spiro atoms. The smallest absolute Gasteiger partial charge is 0.207 e. The summed E-state index contributed by atoms with van der Waals surface area (Å²) < 4.78 is 0. The quantitative estimate of drug-likeness (QED) is 0.368. The number of allylic oxidation sites excluding steroid dienone is 4. The summed E-state index contributed by atoms with van der Waals surface area (Å²) in [4.78, 5) is 10.2. The number of hydrogen-bond acceptors (Lipinski definition) is 2. The van der Waals surface area contributed by atoms with Gasteiger partial charge in [0.05, 0.1) is 6.10 Å². The van der Waals surface area contributed by atoms with Gasteiger partial charge in [-0.25, -0.2) is 0 Å². The summed E-state index contributed by atoms with van der Waals surface area (Å²) in [6.07, 6.45) is 8.86. The molecule has 0 aromatic rings. The Kier molecular flexibility index (Phi) is 10.2. The molecule has 0 radical (unpaired) electrons. The van der Waals surface area contributed by atoms with Gasteiger partial charge in [-0.2, -0.15) is 0 Å². The Morgan fingerprint density at radius 1 is 1.53 bits per heavy atom. The summed E-state index contributed by atoms with van der Waals surface area (Å²) in [6.45, 7) is 8.15. The van der Waals surface area contributed by atoms with E-state index in [9.17, 15) is 9.90 Å². The van der Waals surface area contributed by atoms with Gasteiger partial charge in [0, 0.05) is 17.5 Å². The third kappa shape index (κ3) is 7.85. The molecule has 19 heavy (non-hydrogen) atoms. The highest BCUT2D eigenvalue weighted by atomic mass is 35.5. The monoisotopic (exact) mass is 285 g/mol. The molecule has 0 heterocycles. The minimum Gasteiger partial charge on any atom is -0.392 e. The van der Waals surface area contributed by atoms with Crippen LogP contribution < -0.4 is 5.32 Å². The van der Waals surface area contributed by atoms with Crippen molar-refractivity contribution >= 4 is 18.0 Å². The zero-order chi connectivity index (χ0) is 14.7. The first-order valence-electron chi connectivity index (χ1n) is 6.58. The predicted octanol–water partition coefficient (Wildman–Crippen LogP) is 3.01. The molecule has 0 aromatic carbocycles. The summed E-state index contributed by atoms with van der Waals surface area (Å²) in [7, 11) is 0. The lowest BCUT2D eigenvalue weighted by Gasteiger charge is -2.25. The Hall–Kier alpha value is -1.06. The number of halogens is 1. The van der Waals surface area contributed by atoms with E-state index in [0.717, 1.165) is 12.8 Å². The Labute approximate surface area is 121 Å². The van der Waals surface area contributed by atoms with Crippen LogP contribution in [-0.2, 0) is 4.79 Å². The highest BCUT2D eigenvalue weighted by Crippen LogP contribution is 2.21. The first-order chi connectivity index (χ1) is 9.06. The molecule has 0 saturated carbocycles. The van der Waals surface area contributed by atoms with Crippen LogP contribution in [0.3, 0.4) is 0 Å². The van der Waals surface area contributed by atoms with Crippen molar-refractivity contribution in [3.8, 4) is 0 Å². The SMILES string of the molecule is C=C/C=C(Cl)\C=C/C(C)C(O)C(CC)CCNC=O. The van der Waals surface area contributed by atoms with Gasteiger partial charge in [0.25, 0.3) is 0 Å². The van der Waals surface area contributed by atoms with E-state index < -0.39 is 6.10 Å². The van der Waals surface area contributed by atoms with Gasteiger partial charge in [0.15, 0.2) is 0 Å². The normalized spacial score (nSPS) is 16.9. The van der Waals surface area contributed by atoms with Crippen LogP contribution in [0.5, 0.6) is 0 Å². The van der Waals surface area contributed by atoms with Gasteiger partial charge in [-0.3, -0.25) is 4.79 Å². The Morgan fingerprint density at radius 3 is 2.74 bits per heavy atom. The molecular formula is C15H24ClNO2. The van der Waals surface area contributed by atoms with E-state index in [1.807, 2.05) is 19.9 Å². The van der Waals surface area contributed by atoms with E-state index in [2.05, 4.69) is 11.9 Å². The molecule has 0 aliphatic carbocycles. The number of carbonyl (C=O) groups excluding carboxylic acids is 1. The zero-order valence-electron chi connectivity index (χ0n) is 11.7. The van der Waals surface area contributed by atoms with Crippen LogP contribution in [0.15, 0.2) is 35.9 Å². The lowest BCUT2D eigenvalue weighted by Crippen LogP contribution is -2.29. The molecule has 3 unspecified atom stereocenters. The van der Waals surface area contributed by atoms with Gasteiger partial charge < -0.3 is 10.4 Å². The minimum absolute atomic E-state index is 0.00754. The molecule has 3 nitrogen and oxygen atoms in total. The standard InChI is InChI=1S/C15H24ClNO2/c1-4-6-14(16)8-7-12(3)15(19)13(5-2)9-10-17-11-18/h4,6-8,11-13,15,19H,1,5,9-10H2,2-3H3,(H,17,18)/b8-7-,14-6+. The number of hydrogen-bond donors (Lipinski definition) is 2. The number of aliphatic hydroxyl groups excluding tert-OH is 1. The van der Waals surface area contributed by atoms with Crippen molar-refractivity contribution in [2.45, 2.75) is 32.8 Å². The maximum Gasteiger partial charge on any atom is 0.207 e. The third-order valence-electron chi connectivity index (χ3n) is 3.12. The first-order valence-corrected chi connectivity index (χ1v) is 6.96. The van der Waals surface area contributed by atoms with Crippen molar-refractivity contribution in [2.24, 2.45) is 11.8 Å². The molecule has 2 N–H and O–H groups in total. The average Bonchev–Trinajstić information content (AvgIpc) is 2.40. The van der Waals surface area contributed by atoms with Gasteiger partial charge in [0.1, 0.15) is 0 Å². The fraction of sp³-hybridized carbons (Fsp3) is 0.533. The van der Waals surface area contributed by atoms with Crippen LogP contribution in [0.2, 0.25) is 0 Å². The number of carbonyl (C=O) groups is 1. The molecule has 0 aliphatic heterocycles. The fourth-order valence-corrected chi connectivity index (χ4v) is 2.06. The molecule has 0 aromatic heterocycles. The van der Waals surface area contributed by atoms with Crippen molar-refractivity contribution in [1.82, 2.24) is 5.32 Å². The number of aliphatic hydroxyl groups is 1. The Bertz CT molecular complexity index is 326. The van der Waals surface area contributed by atoms with Gasteiger partial charge >= 0.3 is 0 Å². The molecule has 1 amide bonds. The Balaban J connectivity index is 4.41. The first kappa shape index (κ1) is 17.9. The number of nitrogens with one attached hydrogen (secondary N) is 1. The van der Waals surface area contributed by atoms with Crippen molar-refractivity contribution in [3.63, 3.8) is 0 Å². The zero-order valence-corrected chi connectivity index (χ0v) is 12.4. The molecular weight excluding hydrogens is 262 g/mol. The second-order valence-electron chi connectivity index (χ2n) is 4.53. The van der Waals surface area contributed by atoms with E-state index in [0.29, 0.717) is 18.0 Å². The van der Waals surface area contributed by atoms with Gasteiger partial charge in [-0.05, 0) is 24.5 Å². The molecule has 0 bridgehead atoms. The predicted molar refractivity (Wildman–Crippen MR) is 80.9 cm³/mol. The van der Waals surface area contributed by atoms with E-state index in [-0.39, 0.29) is 11.8 Å². The molecule has 4 heteroatoms. The number of amides is 1. The summed E-state index contributed by atoms with van der Waals surface area (Å²) in [5, 5.41) is 13.5. The van der Waals surface area contributed by atoms with Gasteiger partial charge in [-0.15, -0.1) is 0 Å². The van der Waals surface area contributed by atoms with Crippen LogP contribution in [0.1, 0.15) is 26.7 Å². The number of rotatable bonds is 10. The van der Waals surface area contributed by atoms with E-state index >= 15 is 0 Å². The second-order valence-corrected chi connectivity index (χ2v) is 4.96. The molecule has 0 rings (SSSR count). The van der Waals surface area contributed by atoms with Crippen LogP contribution in [0, 0.1) is 11.8 Å². The van der Waals surface area contributed by atoms with Crippen molar-refractivity contribution in [1.29, 1.82) is 0 Å². The van der Waals surface area contributed by atoms with Crippen LogP contribution in [0.25, 0.3) is 0 Å². The molecule has 108 valence electrons. The summed E-state index contributed by atoms with van der Waals surface area (Å²) >= 11 is 5.92. The molecule has 3 atom stereocenters. The van der Waals surface area contributed by atoms with E-state index in [1.54, 1.807) is 18.2 Å². The van der Waals surface area contributed by atoms with Gasteiger partial charge in [0.2, 0.25) is 6.41 Å². The summed E-state index contributed by atoms with van der Waals surface area (Å²) in [6, 6.07) is 0. The van der Waals surface area contributed by atoms with Crippen molar-refractivity contribution < 1.29 is 9.90 Å². The lowest BCUT2D eigenvalue weighted by molar-refractivity contribution is -0.109.